The number of hydrogen-bond donors (Lipinski definition) is 0. The Balaban J connectivity index is 2.08. The second-order valence-electron chi connectivity index (χ2n) is 5.59. The van der Waals surface area contributed by atoms with E-state index in [2.05, 4.69) is 11.9 Å². The van der Waals surface area contributed by atoms with E-state index < -0.39 is 0 Å². The number of ether oxygens (including phenoxy) is 1. The fourth-order valence-corrected chi connectivity index (χ4v) is 2.80. The van der Waals surface area contributed by atoms with Crippen molar-refractivity contribution in [3.63, 3.8) is 0 Å². The molecule has 2 rings (SSSR count). The molecule has 0 bridgehead atoms. The first-order valence-electron chi connectivity index (χ1n) is 8.02. The van der Waals surface area contributed by atoms with E-state index in [-0.39, 0.29) is 23.0 Å². The molecule has 22 heavy (non-hydrogen) atoms. The summed E-state index contributed by atoms with van der Waals surface area (Å²) in [6.07, 6.45) is 8.95. The standard InChI is InChI=1S/C18H23NO3/c1-3-4-5-6-7-8-10-14-16(20)15-13(11-9-12-19-15)17(21)18(14)22-2/h9,11-12H,3-8,10H2,1-2H3. The van der Waals surface area contributed by atoms with Gasteiger partial charge in [-0.15, -0.1) is 0 Å². The number of methoxy groups -OCH3 is 1. The van der Waals surface area contributed by atoms with Crippen molar-refractivity contribution in [2.75, 3.05) is 7.11 Å². The number of fused-ring (bicyclic) bond motifs is 1. The molecule has 0 fully saturated rings. The fourth-order valence-electron chi connectivity index (χ4n) is 2.80. The molecule has 0 spiro atoms. The average Bonchev–Trinajstić information content (AvgIpc) is 2.55. The Hall–Kier alpha value is -1.97. The molecular weight excluding hydrogens is 278 g/mol. The molecule has 118 valence electrons. The molecule has 4 heteroatoms. The van der Waals surface area contributed by atoms with E-state index in [1.165, 1.54) is 32.8 Å². The molecule has 0 saturated carbocycles. The quantitative estimate of drug-likeness (QED) is 0.678. The predicted molar refractivity (Wildman–Crippen MR) is 84.9 cm³/mol. The van der Waals surface area contributed by atoms with Gasteiger partial charge < -0.3 is 4.74 Å². The Bertz CT molecular complexity index is 590. The smallest absolute Gasteiger partial charge is 0.230 e. The van der Waals surface area contributed by atoms with E-state index in [4.69, 9.17) is 4.74 Å². The summed E-state index contributed by atoms with van der Waals surface area (Å²) in [6, 6.07) is 3.29. The predicted octanol–water partition coefficient (Wildman–Crippen LogP) is 4.11. The van der Waals surface area contributed by atoms with Gasteiger partial charge in [-0.1, -0.05) is 39.0 Å². The summed E-state index contributed by atoms with van der Waals surface area (Å²) < 4.78 is 5.22. The van der Waals surface area contributed by atoms with Crippen LogP contribution in [0.1, 0.15) is 72.7 Å². The van der Waals surface area contributed by atoms with E-state index in [0.717, 1.165) is 12.8 Å². The fraction of sp³-hybridized carbons (Fsp3) is 0.500. The van der Waals surface area contributed by atoms with E-state index in [1.54, 1.807) is 18.3 Å². The molecule has 0 atom stereocenters. The minimum atomic E-state index is -0.230. The molecule has 1 aliphatic rings. The van der Waals surface area contributed by atoms with Crippen molar-refractivity contribution in [3.8, 4) is 0 Å². The van der Waals surface area contributed by atoms with Gasteiger partial charge in [-0.25, -0.2) is 0 Å². The number of carbonyl (C=O) groups excluding carboxylic acids is 2. The second-order valence-corrected chi connectivity index (χ2v) is 5.59. The van der Waals surface area contributed by atoms with Gasteiger partial charge in [0.25, 0.3) is 0 Å². The zero-order valence-corrected chi connectivity index (χ0v) is 13.4. The molecule has 1 heterocycles. The SMILES string of the molecule is CCCCCCCCC1=C(OC)C(=O)c2cccnc2C1=O. The summed E-state index contributed by atoms with van der Waals surface area (Å²) in [4.78, 5) is 29.0. The van der Waals surface area contributed by atoms with Crippen molar-refractivity contribution >= 4 is 11.6 Å². The zero-order chi connectivity index (χ0) is 15.9. The highest BCUT2D eigenvalue weighted by atomic mass is 16.5. The van der Waals surface area contributed by atoms with Crippen LogP contribution in [0.2, 0.25) is 0 Å². The van der Waals surface area contributed by atoms with Crippen LogP contribution >= 0.6 is 0 Å². The van der Waals surface area contributed by atoms with Crippen LogP contribution in [0.3, 0.4) is 0 Å². The van der Waals surface area contributed by atoms with Crippen molar-refractivity contribution < 1.29 is 14.3 Å². The van der Waals surface area contributed by atoms with Crippen LogP contribution in [-0.4, -0.2) is 23.7 Å². The molecule has 0 aliphatic heterocycles. The van der Waals surface area contributed by atoms with Crippen LogP contribution in [0.15, 0.2) is 29.7 Å². The number of nitrogens with zero attached hydrogens (tertiary/aromatic N) is 1. The van der Waals surface area contributed by atoms with Gasteiger partial charge in [-0.3, -0.25) is 14.6 Å². The number of Topliss-reactive ketones (excluding diaryl/α,β-unsaturated/α-hetero) is 2. The highest BCUT2D eigenvalue weighted by Gasteiger charge is 2.33. The van der Waals surface area contributed by atoms with E-state index >= 15 is 0 Å². The highest BCUT2D eigenvalue weighted by Crippen LogP contribution is 2.28. The van der Waals surface area contributed by atoms with Gasteiger partial charge in [0.1, 0.15) is 5.69 Å². The van der Waals surface area contributed by atoms with Gasteiger partial charge in [0.15, 0.2) is 5.76 Å². The normalized spacial score (nSPS) is 14.3. The van der Waals surface area contributed by atoms with Crippen molar-refractivity contribution in [2.24, 2.45) is 0 Å². The molecule has 0 amide bonds. The molecule has 1 aromatic rings. The topological polar surface area (TPSA) is 56.3 Å². The van der Waals surface area contributed by atoms with Gasteiger partial charge >= 0.3 is 0 Å². The van der Waals surface area contributed by atoms with Crippen molar-refractivity contribution in [3.05, 3.63) is 40.9 Å². The van der Waals surface area contributed by atoms with Gasteiger partial charge in [-0.2, -0.15) is 0 Å². The molecular formula is C18H23NO3. The summed E-state index contributed by atoms with van der Waals surface area (Å²) in [5.74, 6) is -0.203. The number of aromatic nitrogens is 1. The van der Waals surface area contributed by atoms with E-state index in [1.807, 2.05) is 0 Å². The molecule has 0 aromatic carbocycles. The maximum atomic E-state index is 12.5. The number of rotatable bonds is 8. The monoisotopic (exact) mass is 301 g/mol. The summed E-state index contributed by atoms with van der Waals surface area (Å²) in [7, 11) is 1.45. The lowest BCUT2D eigenvalue weighted by atomic mass is 9.89. The Morgan fingerprint density at radius 3 is 2.50 bits per heavy atom. The van der Waals surface area contributed by atoms with Crippen LogP contribution < -0.4 is 0 Å². The number of hydrogen-bond acceptors (Lipinski definition) is 4. The molecule has 1 aliphatic carbocycles. The van der Waals surface area contributed by atoms with Crippen molar-refractivity contribution in [1.29, 1.82) is 0 Å². The lowest BCUT2D eigenvalue weighted by Crippen LogP contribution is -2.24. The number of pyridine rings is 1. The number of carbonyl (C=O) groups is 2. The second kappa shape index (κ2) is 7.87. The van der Waals surface area contributed by atoms with Crippen molar-refractivity contribution in [1.82, 2.24) is 4.98 Å². The molecule has 0 unspecified atom stereocenters. The third kappa shape index (κ3) is 3.43. The molecule has 0 radical (unpaired) electrons. The lowest BCUT2D eigenvalue weighted by molar-refractivity contribution is 0.0899. The first-order chi connectivity index (χ1) is 10.7. The largest absolute Gasteiger partial charge is 0.492 e. The molecule has 0 N–H and O–H groups in total. The Morgan fingerprint density at radius 1 is 1.05 bits per heavy atom. The summed E-state index contributed by atoms with van der Waals surface area (Å²) in [6.45, 7) is 2.19. The van der Waals surface area contributed by atoms with E-state index in [0.29, 0.717) is 17.6 Å². The van der Waals surface area contributed by atoms with Crippen molar-refractivity contribution in [2.45, 2.75) is 51.9 Å². The van der Waals surface area contributed by atoms with Gasteiger partial charge in [-0.05, 0) is 25.0 Å². The van der Waals surface area contributed by atoms with Crippen LogP contribution in [0.25, 0.3) is 0 Å². The van der Waals surface area contributed by atoms with Crippen LogP contribution in [0, 0.1) is 0 Å². The third-order valence-corrected chi connectivity index (χ3v) is 4.01. The Labute approximate surface area is 131 Å². The van der Waals surface area contributed by atoms with E-state index in [9.17, 15) is 9.59 Å². The van der Waals surface area contributed by atoms with Gasteiger partial charge in [0.05, 0.1) is 12.7 Å². The Kier molecular flexibility index (Phi) is 5.87. The van der Waals surface area contributed by atoms with Gasteiger partial charge in [0, 0.05) is 11.8 Å². The minimum absolute atomic E-state index is 0.166. The maximum Gasteiger partial charge on any atom is 0.230 e. The third-order valence-electron chi connectivity index (χ3n) is 4.01. The van der Waals surface area contributed by atoms with Crippen LogP contribution in [0.4, 0.5) is 0 Å². The summed E-state index contributed by atoms with van der Waals surface area (Å²) in [5, 5.41) is 0. The first kappa shape index (κ1) is 16.4. The van der Waals surface area contributed by atoms with Crippen LogP contribution in [0.5, 0.6) is 0 Å². The van der Waals surface area contributed by atoms with Gasteiger partial charge in [0.2, 0.25) is 11.6 Å². The summed E-state index contributed by atoms with van der Waals surface area (Å²) >= 11 is 0. The average molecular weight is 301 g/mol. The lowest BCUT2D eigenvalue weighted by Gasteiger charge is -2.19. The number of ketones is 2. The number of allylic oxidation sites excluding steroid dienone is 2. The summed E-state index contributed by atoms with van der Waals surface area (Å²) in [5.41, 5.74) is 1.08. The first-order valence-corrected chi connectivity index (χ1v) is 8.02. The molecule has 4 nitrogen and oxygen atoms in total. The molecule has 1 aromatic heterocycles. The molecule has 0 saturated heterocycles. The van der Waals surface area contributed by atoms with Crippen LogP contribution in [-0.2, 0) is 4.74 Å². The minimum Gasteiger partial charge on any atom is -0.492 e. The highest BCUT2D eigenvalue weighted by molar-refractivity contribution is 6.25. The number of unbranched alkanes of at least 4 members (excludes halogenated alkanes) is 5. The Morgan fingerprint density at radius 2 is 1.77 bits per heavy atom. The maximum absolute atomic E-state index is 12.5. The zero-order valence-electron chi connectivity index (χ0n) is 13.4.